The lowest BCUT2D eigenvalue weighted by atomic mass is 10.1. The zero-order valence-electron chi connectivity index (χ0n) is 12.9. The van der Waals surface area contributed by atoms with E-state index < -0.39 is 0 Å². The molecule has 116 valence electrons. The SMILES string of the molecule is COC(=O)C(C)CN(C)C(=O)CCCCCNC(C)=O. The molecule has 0 aliphatic heterocycles. The fourth-order valence-electron chi connectivity index (χ4n) is 1.82. The van der Waals surface area contributed by atoms with Crippen LogP contribution in [0.3, 0.4) is 0 Å². The summed E-state index contributed by atoms with van der Waals surface area (Å²) in [6, 6.07) is 0. The van der Waals surface area contributed by atoms with Gasteiger partial charge in [0.1, 0.15) is 0 Å². The van der Waals surface area contributed by atoms with Gasteiger partial charge in [0.2, 0.25) is 11.8 Å². The molecule has 0 spiro atoms. The lowest BCUT2D eigenvalue weighted by molar-refractivity contribution is -0.146. The van der Waals surface area contributed by atoms with Crippen molar-refractivity contribution in [2.75, 3.05) is 27.2 Å². The summed E-state index contributed by atoms with van der Waals surface area (Å²) < 4.78 is 4.63. The fraction of sp³-hybridized carbons (Fsp3) is 0.786. The quantitative estimate of drug-likeness (QED) is 0.506. The summed E-state index contributed by atoms with van der Waals surface area (Å²) in [5.41, 5.74) is 0. The number of nitrogens with zero attached hydrogens (tertiary/aromatic N) is 1. The Balaban J connectivity index is 3.75. The first kappa shape index (κ1) is 18.4. The number of hydrogen-bond acceptors (Lipinski definition) is 4. The number of hydrogen-bond donors (Lipinski definition) is 1. The van der Waals surface area contributed by atoms with Crippen molar-refractivity contribution in [3.63, 3.8) is 0 Å². The molecule has 1 atom stereocenters. The molecule has 20 heavy (non-hydrogen) atoms. The van der Waals surface area contributed by atoms with Gasteiger partial charge in [-0.2, -0.15) is 0 Å². The van der Waals surface area contributed by atoms with Crippen molar-refractivity contribution < 1.29 is 19.1 Å². The van der Waals surface area contributed by atoms with Gasteiger partial charge in [-0.25, -0.2) is 0 Å². The van der Waals surface area contributed by atoms with E-state index in [0.29, 0.717) is 19.5 Å². The molecule has 0 bridgehead atoms. The van der Waals surface area contributed by atoms with E-state index in [9.17, 15) is 14.4 Å². The van der Waals surface area contributed by atoms with Gasteiger partial charge in [0.15, 0.2) is 0 Å². The van der Waals surface area contributed by atoms with Gasteiger partial charge in [-0.15, -0.1) is 0 Å². The molecule has 0 aromatic rings. The van der Waals surface area contributed by atoms with Gasteiger partial charge in [0.25, 0.3) is 0 Å². The van der Waals surface area contributed by atoms with Crippen LogP contribution in [0.2, 0.25) is 0 Å². The molecule has 0 aromatic carbocycles. The number of carbonyl (C=O) groups is 3. The van der Waals surface area contributed by atoms with Crippen molar-refractivity contribution in [2.24, 2.45) is 5.92 Å². The number of ether oxygens (including phenoxy) is 1. The summed E-state index contributed by atoms with van der Waals surface area (Å²) in [6.45, 7) is 4.25. The van der Waals surface area contributed by atoms with Crippen molar-refractivity contribution in [3.05, 3.63) is 0 Å². The largest absolute Gasteiger partial charge is 0.469 e. The molecule has 6 heteroatoms. The number of methoxy groups -OCH3 is 1. The van der Waals surface area contributed by atoms with Gasteiger partial charge < -0.3 is 15.0 Å². The van der Waals surface area contributed by atoms with Crippen LogP contribution < -0.4 is 5.32 Å². The summed E-state index contributed by atoms with van der Waals surface area (Å²) in [6.07, 6.45) is 3.02. The second-order valence-electron chi connectivity index (χ2n) is 4.99. The van der Waals surface area contributed by atoms with Crippen molar-refractivity contribution in [1.82, 2.24) is 10.2 Å². The molecule has 0 rings (SSSR count). The van der Waals surface area contributed by atoms with E-state index in [1.165, 1.54) is 14.0 Å². The van der Waals surface area contributed by atoms with Crippen LogP contribution >= 0.6 is 0 Å². The molecule has 0 fully saturated rings. The van der Waals surface area contributed by atoms with Crippen LogP contribution in [-0.2, 0) is 19.1 Å². The van der Waals surface area contributed by atoms with Gasteiger partial charge in [-0.3, -0.25) is 14.4 Å². The Morgan fingerprint density at radius 3 is 2.40 bits per heavy atom. The maximum atomic E-state index is 11.8. The summed E-state index contributed by atoms with van der Waals surface area (Å²) in [5.74, 6) is -0.619. The van der Waals surface area contributed by atoms with E-state index in [-0.39, 0.29) is 23.7 Å². The smallest absolute Gasteiger partial charge is 0.310 e. The highest BCUT2D eigenvalue weighted by Gasteiger charge is 2.18. The number of amides is 2. The monoisotopic (exact) mass is 286 g/mol. The van der Waals surface area contributed by atoms with Crippen molar-refractivity contribution >= 4 is 17.8 Å². The first-order valence-electron chi connectivity index (χ1n) is 6.94. The van der Waals surface area contributed by atoms with E-state index in [2.05, 4.69) is 10.1 Å². The van der Waals surface area contributed by atoms with Crippen molar-refractivity contribution in [2.45, 2.75) is 39.5 Å². The summed E-state index contributed by atoms with van der Waals surface area (Å²) in [4.78, 5) is 35.3. The van der Waals surface area contributed by atoms with E-state index in [0.717, 1.165) is 19.3 Å². The number of unbranched alkanes of at least 4 members (excludes halogenated alkanes) is 2. The van der Waals surface area contributed by atoms with E-state index in [1.54, 1.807) is 18.9 Å². The lowest BCUT2D eigenvalue weighted by Crippen LogP contribution is -2.34. The zero-order chi connectivity index (χ0) is 15.5. The summed E-state index contributed by atoms with van der Waals surface area (Å²) in [5, 5.41) is 2.72. The molecule has 0 heterocycles. The third-order valence-corrected chi connectivity index (χ3v) is 3.02. The van der Waals surface area contributed by atoms with Crippen LogP contribution in [0.5, 0.6) is 0 Å². The normalized spacial score (nSPS) is 11.6. The third-order valence-electron chi connectivity index (χ3n) is 3.02. The molecule has 1 unspecified atom stereocenters. The minimum Gasteiger partial charge on any atom is -0.469 e. The molecular formula is C14H26N2O4. The van der Waals surface area contributed by atoms with Crippen LogP contribution in [0, 0.1) is 5.92 Å². The molecule has 0 aliphatic carbocycles. The Morgan fingerprint density at radius 1 is 1.20 bits per heavy atom. The predicted molar refractivity (Wildman–Crippen MR) is 76.0 cm³/mol. The second-order valence-corrected chi connectivity index (χ2v) is 4.99. The van der Waals surface area contributed by atoms with E-state index in [4.69, 9.17) is 0 Å². The average Bonchev–Trinajstić information content (AvgIpc) is 2.40. The Hall–Kier alpha value is -1.59. The maximum Gasteiger partial charge on any atom is 0.310 e. The second kappa shape index (κ2) is 10.2. The fourth-order valence-corrected chi connectivity index (χ4v) is 1.82. The Morgan fingerprint density at radius 2 is 1.85 bits per heavy atom. The predicted octanol–water partition coefficient (Wildman–Crippen LogP) is 0.950. The molecule has 0 saturated heterocycles. The standard InChI is InChI=1S/C14H26N2O4/c1-11(14(19)20-4)10-16(3)13(18)8-6-5-7-9-15-12(2)17/h11H,5-10H2,1-4H3,(H,15,17). The average molecular weight is 286 g/mol. The molecular weight excluding hydrogens is 260 g/mol. The highest BCUT2D eigenvalue weighted by Crippen LogP contribution is 2.05. The van der Waals surface area contributed by atoms with Crippen molar-refractivity contribution in [3.8, 4) is 0 Å². The minimum atomic E-state index is -0.311. The number of esters is 1. The van der Waals surface area contributed by atoms with Gasteiger partial charge in [0, 0.05) is 33.5 Å². The highest BCUT2D eigenvalue weighted by atomic mass is 16.5. The van der Waals surface area contributed by atoms with Gasteiger partial charge in [0.05, 0.1) is 13.0 Å². The van der Waals surface area contributed by atoms with Crippen LogP contribution in [0.25, 0.3) is 0 Å². The van der Waals surface area contributed by atoms with Gasteiger partial charge in [-0.1, -0.05) is 13.3 Å². The van der Waals surface area contributed by atoms with E-state index >= 15 is 0 Å². The number of rotatable bonds is 9. The maximum absolute atomic E-state index is 11.8. The molecule has 0 aromatic heterocycles. The third kappa shape index (κ3) is 8.50. The first-order valence-corrected chi connectivity index (χ1v) is 6.94. The molecule has 6 nitrogen and oxygen atoms in total. The Bertz CT molecular complexity index is 331. The molecule has 1 N–H and O–H groups in total. The van der Waals surface area contributed by atoms with Crippen LogP contribution in [0.4, 0.5) is 0 Å². The highest BCUT2D eigenvalue weighted by molar-refractivity contribution is 5.77. The molecule has 2 amide bonds. The van der Waals surface area contributed by atoms with E-state index in [1.807, 2.05) is 0 Å². The summed E-state index contributed by atoms with van der Waals surface area (Å²) in [7, 11) is 3.04. The number of carbonyl (C=O) groups excluding carboxylic acids is 3. The Labute approximate surface area is 120 Å². The van der Waals surface area contributed by atoms with Crippen LogP contribution in [0.1, 0.15) is 39.5 Å². The molecule has 0 aliphatic rings. The zero-order valence-corrected chi connectivity index (χ0v) is 12.9. The molecule has 0 radical (unpaired) electrons. The topological polar surface area (TPSA) is 75.7 Å². The minimum absolute atomic E-state index is 0.0280. The van der Waals surface area contributed by atoms with Crippen LogP contribution in [0.15, 0.2) is 0 Å². The molecule has 0 saturated carbocycles. The van der Waals surface area contributed by atoms with Gasteiger partial charge >= 0.3 is 5.97 Å². The van der Waals surface area contributed by atoms with Crippen molar-refractivity contribution in [1.29, 1.82) is 0 Å². The first-order chi connectivity index (χ1) is 9.38. The Kier molecular flexibility index (Phi) is 9.41. The van der Waals surface area contributed by atoms with Gasteiger partial charge in [-0.05, 0) is 12.8 Å². The van der Waals surface area contributed by atoms with Crippen LogP contribution in [-0.4, -0.2) is 49.9 Å². The number of nitrogens with one attached hydrogen (secondary N) is 1. The summed E-state index contributed by atoms with van der Waals surface area (Å²) >= 11 is 0. The lowest BCUT2D eigenvalue weighted by Gasteiger charge is -2.20.